The zero-order chi connectivity index (χ0) is 21.5. The average Bonchev–Trinajstić information content (AvgIpc) is 2.68. The molecule has 0 spiro atoms. The standard InChI is InChI=1S/C24H29ClN2O3/c1-17(26-23(28)15-18-7-9-19(10-8-18)24(29)30)21-16-20(25)11-12-22(21)27-13-5-3-2-4-6-14-27/h7-12,16-17H,2-6,13-15H2,1H3,(H,26,28)(H,29,30). The van der Waals surface area contributed by atoms with E-state index in [0.29, 0.717) is 5.02 Å². The van der Waals surface area contributed by atoms with Crippen molar-refractivity contribution in [1.29, 1.82) is 0 Å². The molecule has 1 unspecified atom stereocenters. The smallest absolute Gasteiger partial charge is 0.335 e. The molecule has 1 heterocycles. The molecular formula is C24H29ClN2O3. The van der Waals surface area contributed by atoms with Crippen molar-refractivity contribution in [3.63, 3.8) is 0 Å². The maximum absolute atomic E-state index is 12.6. The number of carbonyl (C=O) groups is 2. The fourth-order valence-electron chi connectivity index (χ4n) is 3.97. The van der Waals surface area contributed by atoms with Crippen LogP contribution in [0.25, 0.3) is 0 Å². The number of aromatic carboxylic acids is 1. The van der Waals surface area contributed by atoms with E-state index in [4.69, 9.17) is 16.7 Å². The number of nitrogens with one attached hydrogen (secondary N) is 1. The predicted octanol–water partition coefficient (Wildman–Crippen LogP) is 5.23. The number of benzene rings is 2. The highest BCUT2D eigenvalue weighted by Gasteiger charge is 2.19. The lowest BCUT2D eigenvalue weighted by Crippen LogP contribution is -2.32. The molecule has 1 atom stereocenters. The van der Waals surface area contributed by atoms with Gasteiger partial charge in [-0.15, -0.1) is 0 Å². The molecule has 1 amide bonds. The number of nitrogens with zero attached hydrogens (tertiary/aromatic N) is 1. The first kappa shape index (κ1) is 22.2. The van der Waals surface area contributed by atoms with E-state index >= 15 is 0 Å². The highest BCUT2D eigenvalue weighted by molar-refractivity contribution is 6.30. The van der Waals surface area contributed by atoms with E-state index in [1.165, 1.54) is 44.2 Å². The van der Waals surface area contributed by atoms with Gasteiger partial charge in [0.25, 0.3) is 0 Å². The SMILES string of the molecule is CC(NC(=O)Cc1ccc(C(=O)O)cc1)c1cc(Cl)ccc1N1CCCCCCC1. The van der Waals surface area contributed by atoms with E-state index in [0.717, 1.165) is 29.9 Å². The van der Waals surface area contributed by atoms with E-state index in [9.17, 15) is 9.59 Å². The summed E-state index contributed by atoms with van der Waals surface area (Å²) in [6.45, 7) is 4.01. The van der Waals surface area contributed by atoms with Gasteiger partial charge < -0.3 is 15.3 Å². The number of rotatable bonds is 6. The van der Waals surface area contributed by atoms with Crippen LogP contribution in [-0.2, 0) is 11.2 Å². The second-order valence-corrected chi connectivity index (χ2v) is 8.36. The molecular weight excluding hydrogens is 400 g/mol. The van der Waals surface area contributed by atoms with Crippen LogP contribution in [0.5, 0.6) is 0 Å². The van der Waals surface area contributed by atoms with Gasteiger partial charge in [-0.2, -0.15) is 0 Å². The van der Waals surface area contributed by atoms with Crippen LogP contribution in [0.2, 0.25) is 5.02 Å². The number of carboxylic acids is 1. The van der Waals surface area contributed by atoms with Crippen LogP contribution in [0.4, 0.5) is 5.69 Å². The van der Waals surface area contributed by atoms with Crippen LogP contribution in [0.1, 0.15) is 66.6 Å². The zero-order valence-electron chi connectivity index (χ0n) is 17.4. The highest BCUT2D eigenvalue weighted by atomic mass is 35.5. The molecule has 0 aromatic heterocycles. The molecule has 5 nitrogen and oxygen atoms in total. The number of hydrogen-bond donors (Lipinski definition) is 2. The van der Waals surface area contributed by atoms with Gasteiger partial charge >= 0.3 is 5.97 Å². The Balaban J connectivity index is 1.70. The van der Waals surface area contributed by atoms with Crippen molar-refractivity contribution in [2.24, 2.45) is 0 Å². The minimum atomic E-state index is -0.975. The molecule has 160 valence electrons. The molecule has 0 radical (unpaired) electrons. The predicted molar refractivity (Wildman–Crippen MR) is 120 cm³/mol. The summed E-state index contributed by atoms with van der Waals surface area (Å²) in [6.07, 6.45) is 6.37. The molecule has 1 aliphatic heterocycles. The number of carbonyl (C=O) groups excluding carboxylic acids is 1. The topological polar surface area (TPSA) is 69.6 Å². The fourth-order valence-corrected chi connectivity index (χ4v) is 4.15. The third kappa shape index (κ3) is 5.99. The Morgan fingerprint density at radius 2 is 1.67 bits per heavy atom. The molecule has 0 aliphatic carbocycles. The van der Waals surface area contributed by atoms with Gasteiger partial charge in [-0.25, -0.2) is 4.79 Å². The first-order valence-corrected chi connectivity index (χ1v) is 11.0. The Morgan fingerprint density at radius 3 is 2.30 bits per heavy atom. The maximum Gasteiger partial charge on any atom is 0.335 e. The lowest BCUT2D eigenvalue weighted by Gasteiger charge is -2.30. The van der Waals surface area contributed by atoms with Crippen molar-refractivity contribution in [1.82, 2.24) is 5.32 Å². The molecule has 1 saturated heterocycles. The van der Waals surface area contributed by atoms with Crippen molar-refractivity contribution in [3.8, 4) is 0 Å². The van der Waals surface area contributed by atoms with Crippen molar-refractivity contribution in [2.75, 3.05) is 18.0 Å². The summed E-state index contributed by atoms with van der Waals surface area (Å²) < 4.78 is 0. The van der Waals surface area contributed by atoms with Crippen molar-refractivity contribution < 1.29 is 14.7 Å². The molecule has 6 heteroatoms. The summed E-state index contributed by atoms with van der Waals surface area (Å²) in [5.41, 5.74) is 3.15. The Bertz CT molecular complexity index is 875. The third-order valence-corrected chi connectivity index (χ3v) is 5.83. The zero-order valence-corrected chi connectivity index (χ0v) is 18.1. The molecule has 0 saturated carbocycles. The Hall–Kier alpha value is -2.53. The average molecular weight is 429 g/mol. The van der Waals surface area contributed by atoms with Crippen molar-refractivity contribution >= 4 is 29.2 Å². The highest BCUT2D eigenvalue weighted by Crippen LogP contribution is 2.31. The quantitative estimate of drug-likeness (QED) is 0.661. The van der Waals surface area contributed by atoms with Crippen LogP contribution in [0.3, 0.4) is 0 Å². The Labute approximate surface area is 183 Å². The molecule has 0 bridgehead atoms. The minimum Gasteiger partial charge on any atom is -0.478 e. The first-order valence-electron chi connectivity index (χ1n) is 10.6. The maximum atomic E-state index is 12.6. The number of anilines is 1. The minimum absolute atomic E-state index is 0.107. The molecule has 2 N–H and O–H groups in total. The second-order valence-electron chi connectivity index (χ2n) is 7.93. The summed E-state index contributed by atoms with van der Waals surface area (Å²) in [4.78, 5) is 26.0. The summed E-state index contributed by atoms with van der Waals surface area (Å²) in [5, 5.41) is 12.7. The van der Waals surface area contributed by atoms with Gasteiger partial charge in [0.1, 0.15) is 0 Å². The van der Waals surface area contributed by atoms with Gasteiger partial charge in [-0.05, 0) is 61.2 Å². The van der Waals surface area contributed by atoms with Crippen LogP contribution in [0, 0.1) is 0 Å². The lowest BCUT2D eigenvalue weighted by atomic mass is 10.0. The summed E-state index contributed by atoms with van der Waals surface area (Å²) in [6, 6.07) is 12.1. The first-order chi connectivity index (χ1) is 14.4. The summed E-state index contributed by atoms with van der Waals surface area (Å²) in [7, 11) is 0. The summed E-state index contributed by atoms with van der Waals surface area (Å²) >= 11 is 6.29. The van der Waals surface area contributed by atoms with Gasteiger partial charge in [-0.3, -0.25) is 4.79 Å². The fraction of sp³-hybridized carbons (Fsp3) is 0.417. The van der Waals surface area contributed by atoms with E-state index in [2.05, 4.69) is 16.3 Å². The Morgan fingerprint density at radius 1 is 1.03 bits per heavy atom. The van der Waals surface area contributed by atoms with Gasteiger partial charge in [0, 0.05) is 23.8 Å². The van der Waals surface area contributed by atoms with E-state index < -0.39 is 5.97 Å². The molecule has 2 aromatic carbocycles. The normalized spacial score (nSPS) is 15.7. The van der Waals surface area contributed by atoms with Crippen LogP contribution in [-0.4, -0.2) is 30.1 Å². The van der Waals surface area contributed by atoms with Crippen LogP contribution < -0.4 is 10.2 Å². The second kappa shape index (κ2) is 10.5. The largest absolute Gasteiger partial charge is 0.478 e. The molecule has 1 fully saturated rings. The van der Waals surface area contributed by atoms with Crippen LogP contribution >= 0.6 is 11.6 Å². The number of hydrogen-bond acceptors (Lipinski definition) is 3. The van der Waals surface area contributed by atoms with Crippen LogP contribution in [0.15, 0.2) is 42.5 Å². The molecule has 1 aliphatic rings. The lowest BCUT2D eigenvalue weighted by molar-refractivity contribution is -0.121. The van der Waals surface area contributed by atoms with E-state index in [1.807, 2.05) is 19.1 Å². The summed E-state index contributed by atoms with van der Waals surface area (Å²) in [5.74, 6) is -1.08. The molecule has 30 heavy (non-hydrogen) atoms. The van der Waals surface area contributed by atoms with E-state index in [-0.39, 0.29) is 23.9 Å². The van der Waals surface area contributed by atoms with Gasteiger partial charge in [0.05, 0.1) is 18.0 Å². The third-order valence-electron chi connectivity index (χ3n) is 5.60. The van der Waals surface area contributed by atoms with E-state index in [1.54, 1.807) is 12.1 Å². The van der Waals surface area contributed by atoms with Gasteiger partial charge in [0.2, 0.25) is 5.91 Å². The number of carboxylic acid groups (broad SMARTS) is 1. The van der Waals surface area contributed by atoms with Gasteiger partial charge in [-0.1, -0.05) is 43.0 Å². The number of halogens is 1. The molecule has 2 aromatic rings. The van der Waals surface area contributed by atoms with Gasteiger partial charge in [0.15, 0.2) is 0 Å². The molecule has 3 rings (SSSR count). The Kier molecular flexibility index (Phi) is 7.75. The van der Waals surface area contributed by atoms with Crippen molar-refractivity contribution in [3.05, 3.63) is 64.2 Å². The monoisotopic (exact) mass is 428 g/mol. The number of amides is 1. The van der Waals surface area contributed by atoms with Crippen molar-refractivity contribution in [2.45, 2.75) is 51.5 Å².